The molecule has 26 heavy (non-hydrogen) atoms. The Balaban J connectivity index is 2.04. The standard InChI is InChI=1S/C19H20Cl2N2O3/c1-3-23(18(25)11-13-7-4-5-10-16(13)26-2)12-17(24)22-19-14(20)8-6-9-15(19)21/h4-10H,3,11-12H2,1-2H3,(H,22,24). The van der Waals surface area contributed by atoms with E-state index in [1.807, 2.05) is 25.1 Å². The Bertz CT molecular complexity index is 776. The highest BCUT2D eigenvalue weighted by Gasteiger charge is 2.18. The molecule has 0 aliphatic heterocycles. The van der Waals surface area contributed by atoms with Crippen molar-refractivity contribution in [2.75, 3.05) is 25.5 Å². The van der Waals surface area contributed by atoms with Crippen molar-refractivity contribution in [1.82, 2.24) is 4.90 Å². The quantitative estimate of drug-likeness (QED) is 0.770. The SMILES string of the molecule is CCN(CC(=O)Nc1c(Cl)cccc1Cl)C(=O)Cc1ccccc1OC. The summed E-state index contributed by atoms with van der Waals surface area (Å²) in [5.74, 6) is 0.108. The van der Waals surface area contributed by atoms with Gasteiger partial charge >= 0.3 is 0 Å². The van der Waals surface area contributed by atoms with E-state index in [1.165, 1.54) is 4.90 Å². The number of nitrogens with zero attached hydrogens (tertiary/aromatic N) is 1. The van der Waals surface area contributed by atoms with Gasteiger partial charge in [-0.05, 0) is 25.1 Å². The van der Waals surface area contributed by atoms with Gasteiger partial charge in [0.2, 0.25) is 11.8 Å². The summed E-state index contributed by atoms with van der Waals surface area (Å²) in [6.07, 6.45) is 0.151. The first kappa shape index (κ1) is 20.1. The Morgan fingerprint density at radius 2 is 1.73 bits per heavy atom. The second-order valence-corrected chi connectivity index (χ2v) is 6.36. The van der Waals surface area contributed by atoms with E-state index >= 15 is 0 Å². The average molecular weight is 395 g/mol. The summed E-state index contributed by atoms with van der Waals surface area (Å²) < 4.78 is 5.27. The minimum absolute atomic E-state index is 0.0912. The summed E-state index contributed by atoms with van der Waals surface area (Å²) in [7, 11) is 1.56. The number of amides is 2. The molecule has 0 bridgehead atoms. The summed E-state index contributed by atoms with van der Waals surface area (Å²) in [5.41, 5.74) is 1.11. The molecule has 2 rings (SSSR count). The predicted octanol–water partition coefficient (Wildman–Crippen LogP) is 4.03. The fourth-order valence-electron chi connectivity index (χ4n) is 2.47. The van der Waals surface area contributed by atoms with Crippen LogP contribution in [-0.4, -0.2) is 36.9 Å². The monoisotopic (exact) mass is 394 g/mol. The molecule has 0 saturated carbocycles. The maximum absolute atomic E-state index is 12.6. The summed E-state index contributed by atoms with van der Waals surface area (Å²) >= 11 is 12.1. The molecule has 5 nitrogen and oxygen atoms in total. The number of hydrogen-bond acceptors (Lipinski definition) is 3. The van der Waals surface area contributed by atoms with Crippen LogP contribution in [0.5, 0.6) is 5.75 Å². The second kappa shape index (κ2) is 9.46. The molecule has 0 spiro atoms. The molecule has 0 aromatic heterocycles. The first-order valence-electron chi connectivity index (χ1n) is 8.09. The van der Waals surface area contributed by atoms with Crippen LogP contribution in [0.2, 0.25) is 10.0 Å². The van der Waals surface area contributed by atoms with Gasteiger partial charge in [-0.2, -0.15) is 0 Å². The molecule has 1 N–H and O–H groups in total. The second-order valence-electron chi connectivity index (χ2n) is 5.54. The number of para-hydroxylation sites is 2. The van der Waals surface area contributed by atoms with E-state index in [0.717, 1.165) is 5.56 Å². The summed E-state index contributed by atoms with van der Waals surface area (Å²) in [6, 6.07) is 12.3. The average Bonchev–Trinajstić information content (AvgIpc) is 2.63. The number of carbonyl (C=O) groups excluding carboxylic acids is 2. The van der Waals surface area contributed by atoms with Crippen LogP contribution < -0.4 is 10.1 Å². The van der Waals surface area contributed by atoms with Gasteiger partial charge in [0, 0.05) is 12.1 Å². The minimum atomic E-state index is -0.366. The van der Waals surface area contributed by atoms with Crippen LogP contribution in [0.25, 0.3) is 0 Å². The van der Waals surface area contributed by atoms with Crippen LogP contribution in [0.4, 0.5) is 5.69 Å². The first-order valence-corrected chi connectivity index (χ1v) is 8.85. The van der Waals surface area contributed by atoms with Gasteiger partial charge in [-0.3, -0.25) is 9.59 Å². The highest BCUT2D eigenvalue weighted by Crippen LogP contribution is 2.29. The van der Waals surface area contributed by atoms with E-state index in [9.17, 15) is 9.59 Å². The van der Waals surface area contributed by atoms with E-state index in [4.69, 9.17) is 27.9 Å². The molecule has 0 heterocycles. The van der Waals surface area contributed by atoms with Crippen molar-refractivity contribution in [3.63, 3.8) is 0 Å². The molecular formula is C19H20Cl2N2O3. The molecular weight excluding hydrogens is 375 g/mol. The van der Waals surface area contributed by atoms with E-state index in [1.54, 1.807) is 31.4 Å². The van der Waals surface area contributed by atoms with E-state index in [-0.39, 0.29) is 24.8 Å². The molecule has 0 aliphatic rings. The molecule has 0 radical (unpaired) electrons. The molecule has 2 aromatic carbocycles. The van der Waals surface area contributed by atoms with E-state index in [2.05, 4.69) is 5.32 Å². The number of rotatable bonds is 7. The number of carbonyl (C=O) groups is 2. The lowest BCUT2D eigenvalue weighted by atomic mass is 10.1. The molecule has 7 heteroatoms. The van der Waals surface area contributed by atoms with Gasteiger partial charge < -0.3 is 15.0 Å². The molecule has 0 atom stereocenters. The lowest BCUT2D eigenvalue weighted by Crippen LogP contribution is -2.38. The summed E-state index contributed by atoms with van der Waals surface area (Å²) in [5, 5.41) is 3.35. The van der Waals surface area contributed by atoms with Crippen molar-refractivity contribution in [3.05, 3.63) is 58.1 Å². The van der Waals surface area contributed by atoms with Crippen molar-refractivity contribution >= 4 is 40.7 Å². The van der Waals surface area contributed by atoms with Crippen LogP contribution in [0.1, 0.15) is 12.5 Å². The van der Waals surface area contributed by atoms with Gasteiger partial charge in [0.25, 0.3) is 0 Å². The Hall–Kier alpha value is -2.24. The maximum atomic E-state index is 12.6. The smallest absolute Gasteiger partial charge is 0.244 e. The number of anilines is 1. The Kier molecular flexibility index (Phi) is 7.30. The van der Waals surface area contributed by atoms with Crippen LogP contribution in [0.15, 0.2) is 42.5 Å². The zero-order valence-corrected chi connectivity index (χ0v) is 16.1. The summed E-state index contributed by atoms with van der Waals surface area (Å²) in [4.78, 5) is 26.4. The van der Waals surface area contributed by atoms with Gasteiger partial charge in [0.15, 0.2) is 0 Å². The molecule has 0 saturated heterocycles. The largest absolute Gasteiger partial charge is 0.496 e. The number of likely N-dealkylation sites (N-methyl/N-ethyl adjacent to an activating group) is 1. The first-order chi connectivity index (χ1) is 12.5. The van der Waals surface area contributed by atoms with Crippen LogP contribution >= 0.6 is 23.2 Å². The molecule has 0 unspecified atom stereocenters. The zero-order valence-electron chi connectivity index (χ0n) is 14.6. The third kappa shape index (κ3) is 5.13. The van der Waals surface area contributed by atoms with Crippen LogP contribution in [0, 0.1) is 0 Å². The van der Waals surface area contributed by atoms with Gasteiger partial charge in [-0.25, -0.2) is 0 Å². The zero-order chi connectivity index (χ0) is 19.1. The number of hydrogen-bond donors (Lipinski definition) is 1. The molecule has 2 amide bonds. The molecule has 0 fully saturated rings. The van der Waals surface area contributed by atoms with Crippen molar-refractivity contribution in [3.8, 4) is 5.75 Å². The molecule has 0 aliphatic carbocycles. The number of ether oxygens (including phenoxy) is 1. The number of nitrogens with one attached hydrogen (secondary N) is 1. The van der Waals surface area contributed by atoms with Crippen molar-refractivity contribution < 1.29 is 14.3 Å². The van der Waals surface area contributed by atoms with Gasteiger partial charge in [-0.1, -0.05) is 47.5 Å². The predicted molar refractivity (Wildman–Crippen MR) is 104 cm³/mol. The van der Waals surface area contributed by atoms with Crippen LogP contribution in [-0.2, 0) is 16.0 Å². The maximum Gasteiger partial charge on any atom is 0.244 e. The lowest BCUT2D eigenvalue weighted by Gasteiger charge is -2.21. The molecule has 2 aromatic rings. The summed E-state index contributed by atoms with van der Waals surface area (Å²) in [6.45, 7) is 2.12. The van der Waals surface area contributed by atoms with Gasteiger partial charge in [0.1, 0.15) is 5.75 Å². The fourth-order valence-corrected chi connectivity index (χ4v) is 2.96. The minimum Gasteiger partial charge on any atom is -0.496 e. The highest BCUT2D eigenvalue weighted by atomic mass is 35.5. The van der Waals surface area contributed by atoms with Crippen molar-refractivity contribution in [1.29, 1.82) is 0 Å². The van der Waals surface area contributed by atoms with Crippen molar-refractivity contribution in [2.45, 2.75) is 13.3 Å². The number of halogens is 2. The lowest BCUT2D eigenvalue weighted by molar-refractivity contribution is -0.133. The molecule has 138 valence electrons. The normalized spacial score (nSPS) is 10.3. The Labute approximate surface area is 162 Å². The Morgan fingerprint density at radius 1 is 1.08 bits per heavy atom. The highest BCUT2D eigenvalue weighted by molar-refractivity contribution is 6.39. The van der Waals surface area contributed by atoms with Gasteiger partial charge in [0.05, 0.1) is 35.8 Å². The fraction of sp³-hybridized carbons (Fsp3) is 0.263. The van der Waals surface area contributed by atoms with Crippen LogP contribution in [0.3, 0.4) is 0 Å². The van der Waals surface area contributed by atoms with Crippen molar-refractivity contribution in [2.24, 2.45) is 0 Å². The van der Waals surface area contributed by atoms with Gasteiger partial charge in [-0.15, -0.1) is 0 Å². The Morgan fingerprint density at radius 3 is 2.35 bits per heavy atom. The topological polar surface area (TPSA) is 58.6 Å². The third-order valence-electron chi connectivity index (χ3n) is 3.83. The van der Waals surface area contributed by atoms with E-state index in [0.29, 0.717) is 28.0 Å². The van der Waals surface area contributed by atoms with E-state index < -0.39 is 0 Å². The number of methoxy groups -OCH3 is 1. The third-order valence-corrected chi connectivity index (χ3v) is 4.46. The number of benzene rings is 2.